The number of primary amides is 1. The molecular formula is C12H23N3O4. The second-order valence-corrected chi connectivity index (χ2v) is 4.41. The van der Waals surface area contributed by atoms with Crippen LogP contribution in [-0.4, -0.2) is 35.6 Å². The van der Waals surface area contributed by atoms with Gasteiger partial charge in [-0.3, -0.25) is 9.59 Å². The van der Waals surface area contributed by atoms with Crippen LogP contribution in [0.25, 0.3) is 0 Å². The van der Waals surface area contributed by atoms with Gasteiger partial charge in [0.15, 0.2) is 0 Å². The molecule has 0 aliphatic carbocycles. The van der Waals surface area contributed by atoms with E-state index in [1.807, 2.05) is 6.92 Å². The lowest BCUT2D eigenvalue weighted by Gasteiger charge is -2.16. The fourth-order valence-corrected chi connectivity index (χ4v) is 1.65. The maximum Gasteiger partial charge on any atom is 0.315 e. The molecule has 0 heterocycles. The molecule has 0 saturated heterocycles. The quantitative estimate of drug-likeness (QED) is 0.435. The van der Waals surface area contributed by atoms with Crippen molar-refractivity contribution in [3.8, 4) is 0 Å². The monoisotopic (exact) mass is 273 g/mol. The van der Waals surface area contributed by atoms with Crippen LogP contribution in [0.15, 0.2) is 0 Å². The van der Waals surface area contributed by atoms with E-state index in [1.54, 1.807) is 0 Å². The third-order valence-corrected chi connectivity index (χ3v) is 2.53. The fraction of sp³-hybridized carbons (Fsp3) is 0.750. The van der Waals surface area contributed by atoms with E-state index in [4.69, 9.17) is 10.8 Å². The molecule has 0 spiro atoms. The van der Waals surface area contributed by atoms with Crippen LogP contribution in [0.1, 0.15) is 45.4 Å². The Morgan fingerprint density at radius 2 is 1.95 bits per heavy atom. The number of hydrogen-bond acceptors (Lipinski definition) is 3. The van der Waals surface area contributed by atoms with Crippen LogP contribution < -0.4 is 16.4 Å². The zero-order valence-electron chi connectivity index (χ0n) is 11.3. The number of carbonyl (C=O) groups is 3. The highest BCUT2D eigenvalue weighted by molar-refractivity contribution is 5.75. The number of urea groups is 1. The summed E-state index contributed by atoms with van der Waals surface area (Å²) in [6.07, 6.45) is 2.94. The second kappa shape index (κ2) is 10.2. The summed E-state index contributed by atoms with van der Waals surface area (Å²) in [5, 5.41) is 14.0. The molecule has 0 aliphatic rings. The summed E-state index contributed by atoms with van der Waals surface area (Å²) in [4.78, 5) is 32.6. The molecule has 0 rings (SSSR count). The van der Waals surface area contributed by atoms with Crippen LogP contribution in [0, 0.1) is 0 Å². The summed E-state index contributed by atoms with van der Waals surface area (Å²) in [6.45, 7) is 2.36. The number of aliphatic carboxylic acids is 1. The first-order chi connectivity index (χ1) is 8.95. The number of rotatable bonds is 10. The van der Waals surface area contributed by atoms with Crippen LogP contribution in [0.3, 0.4) is 0 Å². The van der Waals surface area contributed by atoms with Gasteiger partial charge in [0.25, 0.3) is 0 Å². The number of nitrogens with one attached hydrogen (secondary N) is 2. The van der Waals surface area contributed by atoms with Crippen molar-refractivity contribution in [2.24, 2.45) is 5.73 Å². The Bertz CT molecular complexity index is 307. The minimum atomic E-state index is -0.930. The predicted octanol–water partition coefficient (Wildman–Crippen LogP) is 0.585. The summed E-state index contributed by atoms with van der Waals surface area (Å²) in [6, 6.07) is -0.730. The van der Waals surface area contributed by atoms with Crippen molar-refractivity contribution < 1.29 is 19.5 Å². The van der Waals surface area contributed by atoms with E-state index in [0.29, 0.717) is 32.2 Å². The van der Waals surface area contributed by atoms with Crippen molar-refractivity contribution >= 4 is 17.9 Å². The zero-order valence-corrected chi connectivity index (χ0v) is 11.3. The molecule has 0 saturated carbocycles. The minimum absolute atomic E-state index is 0.0804. The Hall–Kier alpha value is -1.79. The summed E-state index contributed by atoms with van der Waals surface area (Å²) in [5.74, 6) is -1.28. The van der Waals surface area contributed by atoms with Crippen LogP contribution >= 0.6 is 0 Å². The number of carbonyl (C=O) groups excluding carboxylic acids is 2. The Balaban J connectivity index is 3.80. The lowest BCUT2D eigenvalue weighted by atomic mass is 10.1. The number of amides is 3. The van der Waals surface area contributed by atoms with Crippen molar-refractivity contribution in [1.29, 1.82) is 0 Å². The maximum absolute atomic E-state index is 11.5. The third-order valence-electron chi connectivity index (χ3n) is 2.53. The molecule has 7 heteroatoms. The summed E-state index contributed by atoms with van der Waals surface area (Å²) in [7, 11) is 0. The molecule has 0 aromatic heterocycles. The Labute approximate surface area is 112 Å². The van der Waals surface area contributed by atoms with E-state index in [9.17, 15) is 14.4 Å². The van der Waals surface area contributed by atoms with Gasteiger partial charge in [0, 0.05) is 19.0 Å². The van der Waals surface area contributed by atoms with Crippen LogP contribution in [0.2, 0.25) is 0 Å². The molecule has 0 radical (unpaired) electrons. The van der Waals surface area contributed by atoms with Gasteiger partial charge in [-0.1, -0.05) is 13.3 Å². The normalized spacial score (nSPS) is 11.6. The molecule has 5 N–H and O–H groups in total. The third kappa shape index (κ3) is 11.1. The van der Waals surface area contributed by atoms with Gasteiger partial charge in [-0.25, -0.2) is 4.79 Å². The minimum Gasteiger partial charge on any atom is -0.481 e. The topological polar surface area (TPSA) is 122 Å². The summed E-state index contributed by atoms with van der Waals surface area (Å²) >= 11 is 0. The zero-order chi connectivity index (χ0) is 14.7. The molecule has 1 unspecified atom stereocenters. The summed E-state index contributed by atoms with van der Waals surface area (Å²) < 4.78 is 0. The van der Waals surface area contributed by atoms with E-state index >= 15 is 0 Å². The molecule has 110 valence electrons. The molecule has 0 bridgehead atoms. The summed E-state index contributed by atoms with van der Waals surface area (Å²) in [5.41, 5.74) is 4.99. The van der Waals surface area contributed by atoms with Gasteiger partial charge in [0.05, 0.1) is 6.42 Å². The van der Waals surface area contributed by atoms with E-state index in [0.717, 1.165) is 6.42 Å². The van der Waals surface area contributed by atoms with Gasteiger partial charge in [0.2, 0.25) is 5.91 Å². The highest BCUT2D eigenvalue weighted by atomic mass is 16.4. The van der Waals surface area contributed by atoms with Gasteiger partial charge in [-0.2, -0.15) is 0 Å². The molecule has 0 fully saturated rings. The maximum atomic E-state index is 11.5. The smallest absolute Gasteiger partial charge is 0.315 e. The second-order valence-electron chi connectivity index (χ2n) is 4.41. The predicted molar refractivity (Wildman–Crippen MR) is 70.5 cm³/mol. The van der Waals surface area contributed by atoms with Crippen molar-refractivity contribution in [3.05, 3.63) is 0 Å². The molecular weight excluding hydrogens is 250 g/mol. The van der Waals surface area contributed by atoms with Crippen LogP contribution in [0.4, 0.5) is 4.79 Å². The van der Waals surface area contributed by atoms with Gasteiger partial charge < -0.3 is 21.5 Å². The van der Waals surface area contributed by atoms with Crippen molar-refractivity contribution in [2.45, 2.75) is 51.5 Å². The fourth-order valence-electron chi connectivity index (χ4n) is 1.65. The Morgan fingerprint density at radius 3 is 2.47 bits per heavy atom. The van der Waals surface area contributed by atoms with Crippen molar-refractivity contribution in [2.75, 3.05) is 6.54 Å². The first kappa shape index (κ1) is 17.2. The van der Waals surface area contributed by atoms with E-state index < -0.39 is 5.97 Å². The molecule has 1 atom stereocenters. The standard InChI is InChI=1S/C12H23N3O4/c1-2-5-9(8-11(17)18)15-12(19)14-7-4-3-6-10(13)16/h9H,2-8H2,1H3,(H2,13,16)(H,17,18)(H2,14,15,19). The van der Waals surface area contributed by atoms with E-state index in [-0.39, 0.29) is 24.4 Å². The number of unbranched alkanes of at least 4 members (excludes halogenated alkanes) is 1. The highest BCUT2D eigenvalue weighted by Crippen LogP contribution is 2.01. The first-order valence-electron chi connectivity index (χ1n) is 6.50. The lowest BCUT2D eigenvalue weighted by molar-refractivity contribution is -0.137. The highest BCUT2D eigenvalue weighted by Gasteiger charge is 2.14. The SMILES string of the molecule is CCCC(CC(=O)O)NC(=O)NCCCCC(N)=O. The van der Waals surface area contributed by atoms with Crippen LogP contribution in [0.5, 0.6) is 0 Å². The Kier molecular flexibility index (Phi) is 9.20. The van der Waals surface area contributed by atoms with Crippen LogP contribution in [-0.2, 0) is 9.59 Å². The van der Waals surface area contributed by atoms with Gasteiger partial charge in [-0.15, -0.1) is 0 Å². The molecule has 3 amide bonds. The number of hydrogen-bond donors (Lipinski definition) is 4. The van der Waals surface area contributed by atoms with Crippen molar-refractivity contribution in [3.63, 3.8) is 0 Å². The van der Waals surface area contributed by atoms with E-state index in [2.05, 4.69) is 10.6 Å². The van der Waals surface area contributed by atoms with Gasteiger partial charge >= 0.3 is 12.0 Å². The molecule has 0 aromatic carbocycles. The van der Waals surface area contributed by atoms with Gasteiger partial charge in [-0.05, 0) is 19.3 Å². The Morgan fingerprint density at radius 1 is 1.26 bits per heavy atom. The largest absolute Gasteiger partial charge is 0.481 e. The van der Waals surface area contributed by atoms with Crippen molar-refractivity contribution in [1.82, 2.24) is 10.6 Å². The number of nitrogens with two attached hydrogens (primary N) is 1. The average molecular weight is 273 g/mol. The molecule has 19 heavy (non-hydrogen) atoms. The van der Waals surface area contributed by atoms with Gasteiger partial charge in [0.1, 0.15) is 0 Å². The molecule has 0 aliphatic heterocycles. The molecule has 7 nitrogen and oxygen atoms in total. The molecule has 0 aromatic rings. The first-order valence-corrected chi connectivity index (χ1v) is 6.50. The number of carboxylic acids is 1. The lowest BCUT2D eigenvalue weighted by Crippen LogP contribution is -2.43. The van der Waals surface area contributed by atoms with E-state index in [1.165, 1.54) is 0 Å². The average Bonchev–Trinajstić information content (AvgIpc) is 2.27. The number of carboxylic acid groups (broad SMARTS) is 1.